The first-order chi connectivity index (χ1) is 10.1. The summed E-state index contributed by atoms with van der Waals surface area (Å²) < 4.78 is 5.24. The van der Waals surface area contributed by atoms with Gasteiger partial charge >= 0.3 is 6.09 Å². The molecule has 1 N–H and O–H groups in total. The smallest absolute Gasteiger partial charge is 0.412 e. The van der Waals surface area contributed by atoms with E-state index < -0.39 is 17.1 Å². The van der Waals surface area contributed by atoms with Gasteiger partial charge in [0.2, 0.25) is 0 Å². The fourth-order valence-electron chi connectivity index (χ4n) is 2.44. The van der Waals surface area contributed by atoms with E-state index in [2.05, 4.69) is 11.4 Å². The molecule has 0 aromatic heterocycles. The standard InChI is InChI=1S/C17H20N2O3/c1-11-5-6-12(17(10-18)8-13(20)9-17)7-14(11)19-15(21)22-16(2,3)4/h5-7H,8-9H2,1-4H3,(H,19,21). The molecule has 1 aliphatic rings. The molecule has 0 spiro atoms. The van der Waals surface area contributed by atoms with E-state index in [0.717, 1.165) is 11.1 Å². The Balaban J connectivity index is 2.23. The number of Topliss-reactive ketones (excluding diaryl/α,β-unsaturated/α-hetero) is 1. The fourth-order valence-corrected chi connectivity index (χ4v) is 2.44. The van der Waals surface area contributed by atoms with Gasteiger partial charge in [-0.1, -0.05) is 12.1 Å². The number of nitrogens with zero attached hydrogens (tertiary/aromatic N) is 1. The lowest BCUT2D eigenvalue weighted by Gasteiger charge is -2.34. The highest BCUT2D eigenvalue weighted by Crippen LogP contribution is 2.41. The number of nitriles is 1. The van der Waals surface area contributed by atoms with Gasteiger partial charge in [0.25, 0.3) is 0 Å². The maximum atomic E-state index is 11.9. The minimum Gasteiger partial charge on any atom is -0.444 e. The van der Waals surface area contributed by atoms with E-state index in [1.807, 2.05) is 19.1 Å². The molecule has 0 heterocycles. The van der Waals surface area contributed by atoms with Crippen LogP contribution in [0.3, 0.4) is 0 Å². The van der Waals surface area contributed by atoms with Crippen LogP contribution in [0.15, 0.2) is 18.2 Å². The first kappa shape index (κ1) is 16.0. The van der Waals surface area contributed by atoms with E-state index in [9.17, 15) is 14.9 Å². The van der Waals surface area contributed by atoms with Gasteiger partial charge in [-0.2, -0.15) is 5.26 Å². The third-order valence-corrected chi connectivity index (χ3v) is 3.64. The number of hydrogen-bond acceptors (Lipinski definition) is 4. The van der Waals surface area contributed by atoms with Crippen molar-refractivity contribution in [3.8, 4) is 6.07 Å². The third-order valence-electron chi connectivity index (χ3n) is 3.64. The highest BCUT2D eigenvalue weighted by atomic mass is 16.6. The summed E-state index contributed by atoms with van der Waals surface area (Å²) in [5.41, 5.74) is 0.888. The number of carbonyl (C=O) groups excluding carboxylic acids is 2. The number of anilines is 1. The van der Waals surface area contributed by atoms with Gasteiger partial charge in [0.1, 0.15) is 11.4 Å². The van der Waals surface area contributed by atoms with Crippen molar-refractivity contribution in [3.05, 3.63) is 29.3 Å². The van der Waals surface area contributed by atoms with Gasteiger partial charge in [-0.15, -0.1) is 0 Å². The fraction of sp³-hybridized carbons (Fsp3) is 0.471. The number of carbonyl (C=O) groups is 2. The van der Waals surface area contributed by atoms with Gasteiger partial charge in [-0.25, -0.2) is 4.79 Å². The average molecular weight is 300 g/mol. The Labute approximate surface area is 130 Å². The third kappa shape index (κ3) is 3.28. The van der Waals surface area contributed by atoms with Crippen LogP contribution in [0.25, 0.3) is 0 Å². The maximum absolute atomic E-state index is 11.9. The molecule has 5 nitrogen and oxygen atoms in total. The Morgan fingerprint density at radius 1 is 1.36 bits per heavy atom. The van der Waals surface area contributed by atoms with Crippen LogP contribution < -0.4 is 5.32 Å². The lowest BCUT2D eigenvalue weighted by molar-refractivity contribution is -0.126. The zero-order valence-corrected chi connectivity index (χ0v) is 13.3. The number of ketones is 1. The van der Waals surface area contributed by atoms with Crippen molar-refractivity contribution in [2.75, 3.05) is 5.32 Å². The van der Waals surface area contributed by atoms with Crippen molar-refractivity contribution in [1.29, 1.82) is 5.26 Å². The number of benzene rings is 1. The summed E-state index contributed by atoms with van der Waals surface area (Å²) in [6, 6.07) is 7.67. The molecule has 1 aromatic carbocycles. The van der Waals surface area contributed by atoms with Crippen LogP contribution in [-0.2, 0) is 14.9 Å². The Kier molecular flexibility index (Phi) is 3.97. The number of rotatable bonds is 2. The summed E-state index contributed by atoms with van der Waals surface area (Å²) in [5, 5.41) is 12.1. The van der Waals surface area contributed by atoms with Crippen molar-refractivity contribution in [3.63, 3.8) is 0 Å². The number of nitrogens with one attached hydrogen (secondary N) is 1. The second-order valence-corrected chi connectivity index (χ2v) is 6.74. The second-order valence-electron chi connectivity index (χ2n) is 6.74. The normalized spacial score (nSPS) is 16.4. The topological polar surface area (TPSA) is 79.2 Å². The molecule has 5 heteroatoms. The minimum absolute atomic E-state index is 0.0868. The Hall–Kier alpha value is -2.35. The van der Waals surface area contributed by atoms with E-state index in [1.54, 1.807) is 26.8 Å². The number of ether oxygens (including phenoxy) is 1. The largest absolute Gasteiger partial charge is 0.444 e. The van der Waals surface area contributed by atoms with Crippen molar-refractivity contribution >= 4 is 17.6 Å². The summed E-state index contributed by atoms with van der Waals surface area (Å²) in [4.78, 5) is 23.2. The molecule has 0 bridgehead atoms. The quantitative estimate of drug-likeness (QED) is 0.907. The Bertz CT molecular complexity index is 657. The summed E-state index contributed by atoms with van der Waals surface area (Å²) in [7, 11) is 0. The van der Waals surface area contributed by atoms with Crippen molar-refractivity contribution in [2.45, 2.75) is 51.6 Å². The lowest BCUT2D eigenvalue weighted by Crippen LogP contribution is -2.40. The first-order valence-electron chi connectivity index (χ1n) is 7.19. The van der Waals surface area contributed by atoms with Crippen LogP contribution in [0.2, 0.25) is 0 Å². The molecule has 22 heavy (non-hydrogen) atoms. The van der Waals surface area contributed by atoms with Gasteiger partial charge in [0.05, 0.1) is 11.5 Å². The number of aryl methyl sites for hydroxylation is 1. The zero-order chi connectivity index (χ0) is 16.5. The molecule has 0 unspecified atom stereocenters. The molecule has 1 fully saturated rings. The SMILES string of the molecule is Cc1ccc(C2(C#N)CC(=O)C2)cc1NC(=O)OC(C)(C)C. The van der Waals surface area contributed by atoms with Gasteiger partial charge in [0, 0.05) is 18.5 Å². The van der Waals surface area contributed by atoms with E-state index in [4.69, 9.17) is 4.74 Å². The van der Waals surface area contributed by atoms with Gasteiger partial charge < -0.3 is 4.74 Å². The lowest BCUT2D eigenvalue weighted by atomic mass is 9.64. The van der Waals surface area contributed by atoms with Crippen LogP contribution >= 0.6 is 0 Å². The molecule has 2 rings (SSSR count). The van der Waals surface area contributed by atoms with Crippen molar-refractivity contribution < 1.29 is 14.3 Å². The highest BCUT2D eigenvalue weighted by molar-refractivity contribution is 5.91. The van der Waals surface area contributed by atoms with Crippen LogP contribution in [0.5, 0.6) is 0 Å². The predicted molar refractivity (Wildman–Crippen MR) is 82.6 cm³/mol. The van der Waals surface area contributed by atoms with Crippen LogP contribution in [0.1, 0.15) is 44.7 Å². The van der Waals surface area contributed by atoms with Crippen molar-refractivity contribution in [1.82, 2.24) is 0 Å². The molecule has 1 aromatic rings. The molecule has 0 aliphatic heterocycles. The molecule has 1 aliphatic carbocycles. The molecular formula is C17H20N2O3. The molecule has 1 saturated carbocycles. The number of amides is 1. The molecule has 1 amide bonds. The minimum atomic E-state index is -0.755. The second kappa shape index (κ2) is 5.45. The summed E-state index contributed by atoms with van der Waals surface area (Å²) in [5.74, 6) is 0.0868. The summed E-state index contributed by atoms with van der Waals surface area (Å²) in [6.45, 7) is 7.24. The maximum Gasteiger partial charge on any atom is 0.412 e. The highest BCUT2D eigenvalue weighted by Gasteiger charge is 2.45. The molecular weight excluding hydrogens is 280 g/mol. The van der Waals surface area contributed by atoms with Crippen LogP contribution in [0.4, 0.5) is 10.5 Å². The van der Waals surface area contributed by atoms with E-state index >= 15 is 0 Å². The van der Waals surface area contributed by atoms with Crippen LogP contribution in [0, 0.1) is 18.3 Å². The first-order valence-corrected chi connectivity index (χ1v) is 7.19. The van der Waals surface area contributed by atoms with E-state index in [-0.39, 0.29) is 18.6 Å². The zero-order valence-electron chi connectivity index (χ0n) is 13.3. The Morgan fingerprint density at radius 3 is 2.50 bits per heavy atom. The Morgan fingerprint density at radius 2 is 2.00 bits per heavy atom. The molecule has 116 valence electrons. The molecule has 0 radical (unpaired) electrons. The monoisotopic (exact) mass is 300 g/mol. The average Bonchev–Trinajstić information content (AvgIpc) is 2.35. The van der Waals surface area contributed by atoms with E-state index in [1.165, 1.54) is 0 Å². The number of hydrogen-bond donors (Lipinski definition) is 1. The van der Waals surface area contributed by atoms with Gasteiger partial charge in [0.15, 0.2) is 0 Å². The molecule has 0 atom stereocenters. The van der Waals surface area contributed by atoms with Crippen molar-refractivity contribution in [2.24, 2.45) is 0 Å². The van der Waals surface area contributed by atoms with Crippen LogP contribution in [-0.4, -0.2) is 17.5 Å². The predicted octanol–water partition coefficient (Wildman–Crippen LogP) is 3.47. The molecule has 0 saturated heterocycles. The van der Waals surface area contributed by atoms with Gasteiger partial charge in [-0.3, -0.25) is 10.1 Å². The summed E-state index contributed by atoms with van der Waals surface area (Å²) in [6.07, 6.45) is -0.0694. The van der Waals surface area contributed by atoms with E-state index in [0.29, 0.717) is 5.69 Å². The van der Waals surface area contributed by atoms with Gasteiger partial charge in [-0.05, 0) is 44.9 Å². The summed E-state index contributed by atoms with van der Waals surface area (Å²) >= 11 is 0.